The van der Waals surface area contributed by atoms with Gasteiger partial charge in [0.25, 0.3) is 0 Å². The highest BCUT2D eigenvalue weighted by atomic mass is 16.6. The number of rotatable bonds is 7. The van der Waals surface area contributed by atoms with Crippen LogP contribution < -0.4 is 10.6 Å². The van der Waals surface area contributed by atoms with Crippen molar-refractivity contribution in [3.63, 3.8) is 0 Å². The van der Waals surface area contributed by atoms with Crippen LogP contribution in [-0.4, -0.2) is 104 Å². The van der Waals surface area contributed by atoms with Crippen LogP contribution in [0.25, 0.3) is 0 Å². The topological polar surface area (TPSA) is 72.4 Å². The van der Waals surface area contributed by atoms with E-state index in [1.807, 2.05) is 20.8 Å². The van der Waals surface area contributed by atoms with Crippen LogP contribution in [0, 0.1) is 0 Å². The maximum Gasteiger partial charge on any atom is 0.410 e. The zero-order valence-electron chi connectivity index (χ0n) is 18.5. The predicted molar refractivity (Wildman–Crippen MR) is 114 cm³/mol. The molecule has 1 amide bonds. The first-order chi connectivity index (χ1) is 13.3. The Morgan fingerprint density at radius 2 is 1.75 bits per heavy atom. The minimum absolute atomic E-state index is 0.230. The van der Waals surface area contributed by atoms with E-state index in [1.165, 1.54) is 45.7 Å². The van der Waals surface area contributed by atoms with E-state index in [4.69, 9.17) is 4.74 Å². The summed E-state index contributed by atoms with van der Waals surface area (Å²) in [6.07, 6.45) is 2.09. The number of unbranched alkanes of at least 4 members (excludes halogenated alkanes) is 1. The Morgan fingerprint density at radius 3 is 2.32 bits per heavy atom. The summed E-state index contributed by atoms with van der Waals surface area (Å²) in [7, 11) is 1.78. The molecule has 2 aliphatic heterocycles. The average molecular weight is 397 g/mol. The van der Waals surface area contributed by atoms with Gasteiger partial charge in [0.15, 0.2) is 5.96 Å². The molecule has 8 nitrogen and oxygen atoms in total. The van der Waals surface area contributed by atoms with Gasteiger partial charge in [-0.1, -0.05) is 6.92 Å². The number of aliphatic imine (C=N–C) groups is 1. The molecule has 0 atom stereocenters. The average Bonchev–Trinajstić information content (AvgIpc) is 2.61. The normalized spacial score (nSPS) is 20.0. The molecule has 2 aliphatic rings. The van der Waals surface area contributed by atoms with Crippen molar-refractivity contribution in [2.45, 2.75) is 52.2 Å². The van der Waals surface area contributed by atoms with E-state index in [0.717, 1.165) is 18.9 Å². The molecule has 2 rings (SSSR count). The number of carbonyl (C=O) groups is 1. The van der Waals surface area contributed by atoms with Crippen molar-refractivity contribution >= 4 is 12.1 Å². The minimum Gasteiger partial charge on any atom is -0.444 e. The van der Waals surface area contributed by atoms with Crippen molar-refractivity contribution in [3.05, 3.63) is 0 Å². The van der Waals surface area contributed by atoms with E-state index in [9.17, 15) is 4.79 Å². The highest BCUT2D eigenvalue weighted by Crippen LogP contribution is 2.15. The minimum atomic E-state index is -0.448. The van der Waals surface area contributed by atoms with E-state index in [2.05, 4.69) is 32.3 Å². The Morgan fingerprint density at radius 1 is 1.11 bits per heavy atom. The van der Waals surface area contributed by atoms with Gasteiger partial charge in [-0.25, -0.2) is 4.79 Å². The highest BCUT2D eigenvalue weighted by molar-refractivity contribution is 5.80. The fourth-order valence-corrected chi connectivity index (χ4v) is 3.43. The monoisotopic (exact) mass is 396 g/mol. The lowest BCUT2D eigenvalue weighted by molar-refractivity contribution is 0.00701. The second-order valence-electron chi connectivity index (χ2n) is 8.71. The van der Waals surface area contributed by atoms with Crippen LogP contribution in [0.1, 0.15) is 40.5 Å². The summed E-state index contributed by atoms with van der Waals surface area (Å²) in [6.45, 7) is 17.3. The highest BCUT2D eigenvalue weighted by Gasteiger charge is 2.34. The summed E-state index contributed by atoms with van der Waals surface area (Å²) in [4.78, 5) is 23.1. The number of carbonyl (C=O) groups excluding carboxylic acids is 1. The van der Waals surface area contributed by atoms with Gasteiger partial charge in [0.2, 0.25) is 0 Å². The summed E-state index contributed by atoms with van der Waals surface area (Å²) < 4.78 is 5.38. The number of nitrogens with zero attached hydrogens (tertiary/aromatic N) is 4. The third-order valence-electron chi connectivity index (χ3n) is 5.20. The number of amides is 1. The second kappa shape index (κ2) is 10.9. The van der Waals surface area contributed by atoms with Crippen LogP contribution in [0.2, 0.25) is 0 Å². The summed E-state index contributed by atoms with van der Waals surface area (Å²) in [5.74, 6) is 0.811. The van der Waals surface area contributed by atoms with Crippen LogP contribution in [0.15, 0.2) is 4.99 Å². The number of ether oxygens (including phenoxy) is 1. The molecule has 8 heteroatoms. The second-order valence-corrected chi connectivity index (χ2v) is 8.71. The summed E-state index contributed by atoms with van der Waals surface area (Å²) >= 11 is 0. The molecular formula is C20H40N6O2. The third kappa shape index (κ3) is 7.83. The van der Waals surface area contributed by atoms with Crippen LogP contribution >= 0.6 is 0 Å². The Bertz CT molecular complexity index is 505. The molecule has 0 bridgehead atoms. The lowest BCUT2D eigenvalue weighted by atomic mass is 10.1. The molecule has 0 saturated carbocycles. The molecule has 2 N–H and O–H groups in total. The van der Waals surface area contributed by atoms with Crippen molar-refractivity contribution < 1.29 is 9.53 Å². The summed E-state index contributed by atoms with van der Waals surface area (Å²) in [5.41, 5.74) is -0.448. The van der Waals surface area contributed by atoms with Crippen LogP contribution in [-0.2, 0) is 4.74 Å². The quantitative estimate of drug-likeness (QED) is 0.383. The van der Waals surface area contributed by atoms with Gasteiger partial charge in [0, 0.05) is 52.9 Å². The van der Waals surface area contributed by atoms with Gasteiger partial charge in [0.1, 0.15) is 5.60 Å². The molecule has 0 aromatic rings. The van der Waals surface area contributed by atoms with Gasteiger partial charge >= 0.3 is 6.09 Å². The van der Waals surface area contributed by atoms with Crippen molar-refractivity contribution in [1.82, 2.24) is 25.3 Å². The zero-order valence-corrected chi connectivity index (χ0v) is 18.5. The third-order valence-corrected chi connectivity index (χ3v) is 5.20. The van der Waals surface area contributed by atoms with Crippen LogP contribution in [0.4, 0.5) is 4.79 Å². The first-order valence-electron chi connectivity index (χ1n) is 10.7. The Balaban J connectivity index is 1.52. The SMILES string of the molecule is CCN1CCN(CCCCNC(=NC)NC2CN(C(=O)OC(C)(C)C)C2)CC1. The molecule has 0 aliphatic carbocycles. The Hall–Kier alpha value is -1.54. The van der Waals surface area contributed by atoms with Crippen molar-refractivity contribution in [3.8, 4) is 0 Å². The number of piperazine rings is 1. The number of hydrogen-bond donors (Lipinski definition) is 2. The lowest BCUT2D eigenvalue weighted by Crippen LogP contribution is -2.63. The van der Waals surface area contributed by atoms with Crippen molar-refractivity contribution in [1.29, 1.82) is 0 Å². The number of hydrogen-bond acceptors (Lipinski definition) is 5. The molecule has 0 unspecified atom stereocenters. The maximum atomic E-state index is 12.0. The molecule has 2 heterocycles. The Labute approximate surface area is 170 Å². The molecule has 2 saturated heterocycles. The predicted octanol–water partition coefficient (Wildman–Crippen LogP) is 1.19. The molecule has 2 fully saturated rings. The molecule has 0 aromatic heterocycles. The summed E-state index contributed by atoms with van der Waals surface area (Å²) in [5, 5.41) is 6.76. The van der Waals surface area contributed by atoms with Crippen molar-refractivity contribution in [2.75, 3.05) is 66.0 Å². The van der Waals surface area contributed by atoms with Crippen LogP contribution in [0.5, 0.6) is 0 Å². The lowest BCUT2D eigenvalue weighted by Gasteiger charge is -2.40. The zero-order chi connectivity index (χ0) is 20.6. The standard InChI is InChI=1S/C20H40N6O2/c1-6-24-11-13-25(14-12-24)10-8-7-9-22-18(21-5)23-17-15-26(16-17)19(27)28-20(2,3)4/h17H,6-16H2,1-5H3,(H2,21,22,23). The van der Waals surface area contributed by atoms with Gasteiger partial charge in [-0.05, 0) is 46.7 Å². The largest absolute Gasteiger partial charge is 0.444 e. The molecule has 28 heavy (non-hydrogen) atoms. The number of likely N-dealkylation sites (tertiary alicyclic amines) is 1. The Kier molecular flexibility index (Phi) is 8.82. The molecule has 0 radical (unpaired) electrons. The van der Waals surface area contributed by atoms with Gasteiger partial charge < -0.3 is 30.1 Å². The van der Waals surface area contributed by atoms with Gasteiger partial charge in [-0.2, -0.15) is 0 Å². The number of guanidine groups is 1. The first-order valence-corrected chi connectivity index (χ1v) is 10.7. The van der Waals surface area contributed by atoms with Crippen LogP contribution in [0.3, 0.4) is 0 Å². The maximum absolute atomic E-state index is 12.0. The van der Waals surface area contributed by atoms with E-state index in [0.29, 0.717) is 13.1 Å². The number of likely N-dealkylation sites (N-methyl/N-ethyl adjacent to an activating group) is 1. The van der Waals surface area contributed by atoms with Gasteiger partial charge in [0.05, 0.1) is 6.04 Å². The number of nitrogens with one attached hydrogen (secondary N) is 2. The van der Waals surface area contributed by atoms with E-state index < -0.39 is 5.60 Å². The summed E-state index contributed by atoms with van der Waals surface area (Å²) in [6, 6.07) is 0.230. The van der Waals surface area contributed by atoms with E-state index in [1.54, 1.807) is 11.9 Å². The van der Waals surface area contributed by atoms with E-state index >= 15 is 0 Å². The van der Waals surface area contributed by atoms with Gasteiger partial charge in [-0.3, -0.25) is 4.99 Å². The van der Waals surface area contributed by atoms with Crippen molar-refractivity contribution in [2.24, 2.45) is 4.99 Å². The molecule has 162 valence electrons. The smallest absolute Gasteiger partial charge is 0.410 e. The first kappa shape index (κ1) is 22.7. The molecule has 0 aromatic carbocycles. The van der Waals surface area contributed by atoms with E-state index in [-0.39, 0.29) is 12.1 Å². The fourth-order valence-electron chi connectivity index (χ4n) is 3.43. The van der Waals surface area contributed by atoms with Gasteiger partial charge in [-0.15, -0.1) is 0 Å². The fraction of sp³-hybridized carbons (Fsp3) is 0.900. The molecular weight excluding hydrogens is 356 g/mol. The molecule has 0 spiro atoms.